The fraction of sp³-hybridized carbons (Fsp3) is 0.316. The van der Waals surface area contributed by atoms with Gasteiger partial charge in [-0.1, -0.05) is 17.7 Å². The van der Waals surface area contributed by atoms with Crippen LogP contribution in [0.2, 0.25) is 5.02 Å². The monoisotopic (exact) mass is 381 g/mol. The smallest absolute Gasteiger partial charge is 0.251 e. The number of ether oxygens (including phenoxy) is 1. The fourth-order valence-electron chi connectivity index (χ4n) is 2.14. The second kappa shape index (κ2) is 9.68. The van der Waals surface area contributed by atoms with E-state index in [1.54, 1.807) is 36.4 Å². The van der Waals surface area contributed by atoms with Gasteiger partial charge in [0.15, 0.2) is 0 Å². The molecular formula is C19H21ClFNO2S. The zero-order chi connectivity index (χ0) is 18.2. The van der Waals surface area contributed by atoms with Crippen LogP contribution < -0.4 is 10.1 Å². The summed E-state index contributed by atoms with van der Waals surface area (Å²) < 4.78 is 19.2. The summed E-state index contributed by atoms with van der Waals surface area (Å²) in [6.45, 7) is 4.40. The molecule has 0 fully saturated rings. The van der Waals surface area contributed by atoms with Crippen LogP contribution in [0.5, 0.6) is 5.75 Å². The maximum absolute atomic E-state index is 13.6. The molecule has 0 bridgehead atoms. The third-order valence-corrected chi connectivity index (χ3v) is 4.67. The quantitative estimate of drug-likeness (QED) is 0.659. The summed E-state index contributed by atoms with van der Waals surface area (Å²) in [5.74, 6) is 1.45. The van der Waals surface area contributed by atoms with Crippen molar-refractivity contribution in [1.82, 2.24) is 5.32 Å². The van der Waals surface area contributed by atoms with E-state index in [1.807, 2.05) is 13.8 Å². The van der Waals surface area contributed by atoms with Crippen molar-refractivity contribution in [2.45, 2.75) is 25.7 Å². The molecule has 1 amide bonds. The second-order valence-corrected chi connectivity index (χ2v) is 7.21. The van der Waals surface area contributed by atoms with Crippen LogP contribution in [0.1, 0.15) is 29.8 Å². The van der Waals surface area contributed by atoms with Crippen molar-refractivity contribution in [2.24, 2.45) is 0 Å². The lowest BCUT2D eigenvalue weighted by Crippen LogP contribution is -2.25. The molecule has 1 N–H and O–H groups in total. The minimum atomic E-state index is -0.298. The molecule has 0 aromatic heterocycles. The number of hydrogen-bond donors (Lipinski definition) is 1. The van der Waals surface area contributed by atoms with Crippen molar-refractivity contribution >= 4 is 29.3 Å². The zero-order valence-electron chi connectivity index (χ0n) is 14.2. The third-order valence-electron chi connectivity index (χ3n) is 3.33. The topological polar surface area (TPSA) is 38.3 Å². The lowest BCUT2D eigenvalue weighted by Gasteiger charge is -2.10. The molecule has 0 aliphatic heterocycles. The van der Waals surface area contributed by atoms with Gasteiger partial charge in [0.2, 0.25) is 0 Å². The molecule has 0 unspecified atom stereocenters. The van der Waals surface area contributed by atoms with E-state index in [-0.39, 0.29) is 17.8 Å². The van der Waals surface area contributed by atoms with E-state index in [1.165, 1.54) is 17.8 Å². The molecule has 0 radical (unpaired) electrons. The molecule has 3 nitrogen and oxygen atoms in total. The molecule has 6 heteroatoms. The van der Waals surface area contributed by atoms with Crippen molar-refractivity contribution < 1.29 is 13.9 Å². The molecule has 0 saturated carbocycles. The maximum Gasteiger partial charge on any atom is 0.251 e. The number of amides is 1. The summed E-state index contributed by atoms with van der Waals surface area (Å²) in [5.41, 5.74) is 1.08. The lowest BCUT2D eigenvalue weighted by molar-refractivity contribution is 0.0956. The molecule has 2 aromatic rings. The molecule has 0 saturated heterocycles. The van der Waals surface area contributed by atoms with E-state index >= 15 is 0 Å². The van der Waals surface area contributed by atoms with E-state index in [0.717, 1.165) is 5.75 Å². The van der Waals surface area contributed by atoms with Crippen LogP contribution in [0, 0.1) is 5.82 Å². The van der Waals surface area contributed by atoms with E-state index in [4.69, 9.17) is 16.3 Å². The average molecular weight is 382 g/mol. The van der Waals surface area contributed by atoms with Crippen LogP contribution in [-0.2, 0) is 5.75 Å². The highest BCUT2D eigenvalue weighted by molar-refractivity contribution is 7.98. The third kappa shape index (κ3) is 6.25. The van der Waals surface area contributed by atoms with Crippen molar-refractivity contribution in [3.05, 3.63) is 64.4 Å². The lowest BCUT2D eigenvalue weighted by atomic mass is 10.2. The summed E-state index contributed by atoms with van der Waals surface area (Å²) in [6.07, 6.45) is 0.0969. The van der Waals surface area contributed by atoms with Gasteiger partial charge in [0.05, 0.1) is 6.10 Å². The Bertz CT molecular complexity index is 687. The Hall–Kier alpha value is -1.72. The highest BCUT2D eigenvalue weighted by Gasteiger charge is 2.08. The molecule has 25 heavy (non-hydrogen) atoms. The largest absolute Gasteiger partial charge is 0.491 e. The Kier molecular flexibility index (Phi) is 7.59. The van der Waals surface area contributed by atoms with Gasteiger partial charge >= 0.3 is 0 Å². The Morgan fingerprint density at radius 3 is 2.60 bits per heavy atom. The number of halogens is 2. The first-order valence-electron chi connectivity index (χ1n) is 8.03. The van der Waals surface area contributed by atoms with Gasteiger partial charge < -0.3 is 10.1 Å². The van der Waals surface area contributed by atoms with Gasteiger partial charge in [-0.05, 0) is 50.2 Å². The van der Waals surface area contributed by atoms with Gasteiger partial charge in [0, 0.05) is 34.2 Å². The van der Waals surface area contributed by atoms with Crippen molar-refractivity contribution in [3.63, 3.8) is 0 Å². The predicted molar refractivity (Wildman–Crippen MR) is 102 cm³/mol. The summed E-state index contributed by atoms with van der Waals surface area (Å²) >= 11 is 7.51. The maximum atomic E-state index is 13.6. The van der Waals surface area contributed by atoms with Crippen LogP contribution in [0.3, 0.4) is 0 Å². The summed E-state index contributed by atoms with van der Waals surface area (Å²) in [6, 6.07) is 11.7. The van der Waals surface area contributed by atoms with Crippen LogP contribution in [0.25, 0.3) is 0 Å². The van der Waals surface area contributed by atoms with E-state index < -0.39 is 0 Å². The first-order valence-corrected chi connectivity index (χ1v) is 9.56. The SMILES string of the molecule is CC(C)Oc1ccc(C(=O)NCCSCc2c(F)cccc2Cl)cc1. The van der Waals surface area contributed by atoms with Crippen LogP contribution in [0.4, 0.5) is 4.39 Å². The van der Waals surface area contributed by atoms with Gasteiger partial charge in [-0.3, -0.25) is 4.79 Å². The Labute approximate surface area is 156 Å². The zero-order valence-corrected chi connectivity index (χ0v) is 15.8. The normalized spacial score (nSPS) is 10.8. The van der Waals surface area contributed by atoms with Crippen LogP contribution in [0.15, 0.2) is 42.5 Å². The van der Waals surface area contributed by atoms with E-state index in [9.17, 15) is 9.18 Å². The first-order chi connectivity index (χ1) is 12.0. The van der Waals surface area contributed by atoms with Crippen molar-refractivity contribution in [1.29, 1.82) is 0 Å². The van der Waals surface area contributed by atoms with Crippen molar-refractivity contribution in [3.8, 4) is 5.75 Å². The predicted octanol–water partition coefficient (Wildman–Crippen LogP) is 4.93. The average Bonchev–Trinajstić information content (AvgIpc) is 2.57. The number of hydrogen-bond acceptors (Lipinski definition) is 3. The molecule has 0 spiro atoms. The minimum Gasteiger partial charge on any atom is -0.491 e. The van der Waals surface area contributed by atoms with Crippen LogP contribution in [-0.4, -0.2) is 24.3 Å². The molecule has 0 aliphatic rings. The number of benzene rings is 2. The summed E-state index contributed by atoms with van der Waals surface area (Å²) in [7, 11) is 0. The molecule has 2 rings (SSSR count). The Balaban J connectivity index is 1.73. The van der Waals surface area contributed by atoms with Gasteiger partial charge in [0.25, 0.3) is 5.91 Å². The molecule has 0 aliphatic carbocycles. The number of rotatable bonds is 8. The van der Waals surface area contributed by atoms with E-state index in [0.29, 0.717) is 34.2 Å². The Morgan fingerprint density at radius 2 is 1.96 bits per heavy atom. The minimum absolute atomic E-state index is 0.0969. The summed E-state index contributed by atoms with van der Waals surface area (Å²) in [4.78, 5) is 12.1. The second-order valence-electron chi connectivity index (χ2n) is 5.70. The molecule has 0 atom stereocenters. The summed E-state index contributed by atoms with van der Waals surface area (Å²) in [5, 5.41) is 3.28. The number of carbonyl (C=O) groups is 1. The molecule has 0 heterocycles. The van der Waals surface area contributed by atoms with E-state index in [2.05, 4.69) is 5.32 Å². The number of carbonyl (C=O) groups excluding carboxylic acids is 1. The number of nitrogens with one attached hydrogen (secondary N) is 1. The molecular weight excluding hydrogens is 361 g/mol. The molecule has 2 aromatic carbocycles. The fourth-order valence-corrected chi connectivity index (χ4v) is 3.34. The first kappa shape index (κ1) is 19.6. The number of thioether (sulfide) groups is 1. The molecule has 134 valence electrons. The van der Waals surface area contributed by atoms with Crippen molar-refractivity contribution in [2.75, 3.05) is 12.3 Å². The highest BCUT2D eigenvalue weighted by atomic mass is 35.5. The van der Waals surface area contributed by atoms with Gasteiger partial charge in [-0.25, -0.2) is 4.39 Å². The Morgan fingerprint density at radius 1 is 1.24 bits per heavy atom. The van der Waals surface area contributed by atoms with Gasteiger partial charge in [0.1, 0.15) is 11.6 Å². The standard InChI is InChI=1S/C19H21ClFNO2S/c1-13(2)24-15-8-6-14(7-9-15)19(23)22-10-11-25-12-16-17(20)4-3-5-18(16)21/h3-9,13H,10-12H2,1-2H3,(H,22,23). The van der Waals surface area contributed by atoms with Gasteiger partial charge in [-0.2, -0.15) is 11.8 Å². The van der Waals surface area contributed by atoms with Crippen LogP contribution >= 0.6 is 23.4 Å². The highest BCUT2D eigenvalue weighted by Crippen LogP contribution is 2.23. The van der Waals surface area contributed by atoms with Gasteiger partial charge in [-0.15, -0.1) is 0 Å².